The van der Waals surface area contributed by atoms with E-state index in [0.717, 1.165) is 13.3 Å². The molecule has 0 saturated heterocycles. The summed E-state index contributed by atoms with van der Waals surface area (Å²) in [6.45, 7) is 3.85. The van der Waals surface area contributed by atoms with Gasteiger partial charge >= 0.3 is 29.9 Å². The molecule has 0 aromatic rings. The second-order valence-electron chi connectivity index (χ2n) is 8.15. The number of ether oxygens (including phenoxy) is 2. The van der Waals surface area contributed by atoms with Gasteiger partial charge in [-0.2, -0.15) is 26.3 Å². The molecule has 0 unspecified atom stereocenters. The second kappa shape index (κ2) is 6.66. The highest BCUT2D eigenvalue weighted by atomic mass is 19.4. The minimum atomic E-state index is -6.25. The van der Waals surface area contributed by atoms with Crippen LogP contribution in [0.25, 0.3) is 0 Å². The minimum absolute atomic E-state index is 0.267. The van der Waals surface area contributed by atoms with Crippen molar-refractivity contribution in [2.45, 2.75) is 63.1 Å². The van der Waals surface area contributed by atoms with Crippen molar-refractivity contribution >= 4 is 11.9 Å². The fourth-order valence-corrected chi connectivity index (χ4v) is 5.05. The molecule has 0 aromatic carbocycles. The molecule has 4 bridgehead atoms. The molecule has 10 heteroatoms. The molecule has 0 radical (unpaired) electrons. The van der Waals surface area contributed by atoms with Crippen LogP contribution in [0.2, 0.25) is 0 Å². The van der Waals surface area contributed by atoms with E-state index in [0.29, 0.717) is 37.5 Å². The average molecular weight is 414 g/mol. The van der Waals surface area contributed by atoms with Crippen LogP contribution in [0.4, 0.5) is 26.3 Å². The van der Waals surface area contributed by atoms with Gasteiger partial charge in [0.25, 0.3) is 0 Å². The molecule has 158 valence electrons. The van der Waals surface area contributed by atoms with E-state index in [1.807, 2.05) is 0 Å². The molecule has 4 nitrogen and oxygen atoms in total. The Hall–Kier alpha value is -1.74. The fourth-order valence-electron chi connectivity index (χ4n) is 5.05. The third-order valence-corrected chi connectivity index (χ3v) is 6.06. The molecule has 0 heterocycles. The molecular formula is C18H20F6O4. The van der Waals surface area contributed by atoms with Gasteiger partial charge in [0.2, 0.25) is 0 Å². The van der Waals surface area contributed by atoms with Crippen molar-refractivity contribution < 1.29 is 45.4 Å². The van der Waals surface area contributed by atoms with Gasteiger partial charge in [0.1, 0.15) is 6.10 Å². The minimum Gasteiger partial charge on any atom is -0.458 e. The van der Waals surface area contributed by atoms with Crippen molar-refractivity contribution in [2.24, 2.45) is 23.7 Å². The first-order chi connectivity index (χ1) is 12.8. The first-order valence-electron chi connectivity index (χ1n) is 8.99. The predicted molar refractivity (Wildman–Crippen MR) is 82.7 cm³/mol. The van der Waals surface area contributed by atoms with Crippen molar-refractivity contribution in [3.05, 3.63) is 12.2 Å². The number of carbonyl (C=O) groups is 2. The molecular weight excluding hydrogens is 394 g/mol. The van der Waals surface area contributed by atoms with Crippen LogP contribution >= 0.6 is 0 Å². The van der Waals surface area contributed by atoms with E-state index in [4.69, 9.17) is 4.74 Å². The van der Waals surface area contributed by atoms with E-state index in [9.17, 15) is 35.9 Å². The van der Waals surface area contributed by atoms with Gasteiger partial charge in [0, 0.05) is 5.57 Å². The summed E-state index contributed by atoms with van der Waals surface area (Å²) in [6, 6.07) is 0. The molecule has 0 amide bonds. The van der Waals surface area contributed by atoms with Crippen LogP contribution in [0.15, 0.2) is 12.2 Å². The van der Waals surface area contributed by atoms with Crippen molar-refractivity contribution in [3.8, 4) is 0 Å². The van der Waals surface area contributed by atoms with Gasteiger partial charge in [-0.25, -0.2) is 9.59 Å². The lowest BCUT2D eigenvalue weighted by Gasteiger charge is -2.53. The van der Waals surface area contributed by atoms with Gasteiger partial charge in [-0.3, -0.25) is 0 Å². The average Bonchev–Trinajstić information content (AvgIpc) is 2.52. The molecule has 4 aliphatic carbocycles. The van der Waals surface area contributed by atoms with Crippen LogP contribution < -0.4 is 0 Å². The molecule has 0 spiro atoms. The molecule has 0 aromatic heterocycles. The summed E-state index contributed by atoms with van der Waals surface area (Å²) in [6.07, 6.45) is -10.1. The van der Waals surface area contributed by atoms with Crippen LogP contribution in [0.5, 0.6) is 0 Å². The maximum atomic E-state index is 13.5. The quantitative estimate of drug-likeness (QED) is 0.390. The molecule has 4 fully saturated rings. The fraction of sp³-hybridized carbons (Fsp3) is 0.778. The topological polar surface area (TPSA) is 52.6 Å². The van der Waals surface area contributed by atoms with Gasteiger partial charge in [-0.05, 0) is 62.7 Å². The number of esters is 2. The molecule has 4 rings (SSSR count). The first-order valence-corrected chi connectivity index (χ1v) is 8.99. The maximum absolute atomic E-state index is 13.5. The molecule has 28 heavy (non-hydrogen) atoms. The molecule has 4 saturated carbocycles. The zero-order valence-corrected chi connectivity index (χ0v) is 15.0. The van der Waals surface area contributed by atoms with Gasteiger partial charge in [-0.15, -0.1) is 0 Å². The highest BCUT2D eigenvalue weighted by molar-refractivity contribution is 5.92. The van der Waals surface area contributed by atoms with E-state index in [1.165, 1.54) is 0 Å². The Morgan fingerprint density at radius 3 is 1.64 bits per heavy atom. The molecule has 0 atom stereocenters. The predicted octanol–water partition coefficient (Wildman–Crippen LogP) is 4.34. The van der Waals surface area contributed by atoms with Crippen LogP contribution in [0, 0.1) is 23.7 Å². The highest BCUT2D eigenvalue weighted by Gasteiger charge is 2.81. The smallest absolute Gasteiger partial charge is 0.449 e. The number of hydrogen-bond acceptors (Lipinski definition) is 4. The summed E-state index contributed by atoms with van der Waals surface area (Å²) in [5, 5.41) is 0. The Morgan fingerprint density at radius 1 is 0.857 bits per heavy atom. The van der Waals surface area contributed by atoms with Gasteiger partial charge in [0.15, 0.2) is 0 Å². The van der Waals surface area contributed by atoms with Crippen LogP contribution in [0.3, 0.4) is 0 Å². The largest absolute Gasteiger partial charge is 0.458 e. The molecule has 4 aliphatic rings. The lowest BCUT2D eigenvalue weighted by molar-refractivity contribution is -0.360. The summed E-state index contributed by atoms with van der Waals surface area (Å²) in [5.74, 6) is -4.41. The zero-order chi connectivity index (χ0) is 21.1. The van der Waals surface area contributed by atoms with E-state index in [1.54, 1.807) is 0 Å². The number of hydrogen-bond donors (Lipinski definition) is 0. The van der Waals surface area contributed by atoms with Gasteiger partial charge in [-0.1, -0.05) is 6.58 Å². The number of alkyl halides is 6. The summed E-state index contributed by atoms with van der Waals surface area (Å²) in [4.78, 5) is 23.9. The summed E-state index contributed by atoms with van der Waals surface area (Å²) in [5.41, 5.74) is -6.09. The Bertz CT molecular complexity index is 639. The van der Waals surface area contributed by atoms with Crippen molar-refractivity contribution in [1.29, 1.82) is 0 Å². The normalized spacial score (nSPS) is 32.2. The zero-order valence-electron chi connectivity index (χ0n) is 15.0. The number of carbonyl (C=O) groups excluding carboxylic acids is 2. The Labute approximate surface area is 157 Å². The Morgan fingerprint density at radius 2 is 1.29 bits per heavy atom. The van der Waals surface area contributed by atoms with Crippen LogP contribution in [-0.4, -0.2) is 36.0 Å². The third kappa shape index (κ3) is 3.28. The van der Waals surface area contributed by atoms with Crippen molar-refractivity contribution in [1.82, 2.24) is 0 Å². The first kappa shape index (κ1) is 21.0. The Kier molecular flexibility index (Phi) is 4.99. The van der Waals surface area contributed by atoms with Gasteiger partial charge < -0.3 is 9.47 Å². The second-order valence-corrected chi connectivity index (χ2v) is 8.15. The lowest BCUT2D eigenvalue weighted by Crippen LogP contribution is -2.66. The maximum Gasteiger partial charge on any atom is 0.449 e. The van der Waals surface area contributed by atoms with E-state index in [2.05, 4.69) is 11.3 Å². The Balaban J connectivity index is 1.92. The molecule has 0 aliphatic heterocycles. The van der Waals surface area contributed by atoms with Crippen molar-refractivity contribution in [3.63, 3.8) is 0 Å². The summed E-state index contributed by atoms with van der Waals surface area (Å²) in [7, 11) is 0. The SMILES string of the molecule is C=C(C)C(=O)OC(C(=O)OC1C2CC3CC(C2)CC1C3)(C(F)(F)F)C(F)(F)F. The number of rotatable bonds is 4. The van der Waals surface area contributed by atoms with Crippen LogP contribution in [-0.2, 0) is 19.1 Å². The van der Waals surface area contributed by atoms with E-state index >= 15 is 0 Å². The highest BCUT2D eigenvalue weighted by Crippen LogP contribution is 2.55. The number of halogens is 6. The van der Waals surface area contributed by atoms with Crippen molar-refractivity contribution in [2.75, 3.05) is 0 Å². The van der Waals surface area contributed by atoms with Crippen LogP contribution in [0.1, 0.15) is 39.0 Å². The van der Waals surface area contributed by atoms with E-state index < -0.39 is 41.6 Å². The van der Waals surface area contributed by atoms with Gasteiger partial charge in [0.05, 0.1) is 0 Å². The summed E-state index contributed by atoms with van der Waals surface area (Å²) < 4.78 is 89.7. The monoisotopic (exact) mass is 414 g/mol. The molecule has 0 N–H and O–H groups in total. The standard InChI is InChI=1S/C18H20F6O4/c1-8(2)14(25)28-16(17(19,20)21,18(22,23)24)15(26)27-13-11-4-9-3-10(6-11)7-12(13)5-9/h9-13H,1,3-7H2,2H3. The van der Waals surface area contributed by atoms with E-state index in [-0.39, 0.29) is 11.8 Å². The third-order valence-electron chi connectivity index (χ3n) is 6.06. The lowest BCUT2D eigenvalue weighted by atomic mass is 9.55. The summed E-state index contributed by atoms with van der Waals surface area (Å²) >= 11 is 0.